The number of quaternary nitrogens is 1. The first-order valence-corrected chi connectivity index (χ1v) is 5.21. The molecule has 0 rings (SSSR count). The molecule has 0 amide bonds. The Morgan fingerprint density at radius 3 is 2.17 bits per heavy atom. The number of nitrogens with zero attached hydrogens (tertiary/aromatic N) is 1. The molecule has 0 atom stereocenters. The minimum atomic E-state index is -4.12. The maximum Gasteiger partial charge on any atom is 0.102 e. The first kappa shape index (κ1) is 11.8. The van der Waals surface area contributed by atoms with Gasteiger partial charge in [-0.15, -0.1) is 0 Å². The van der Waals surface area contributed by atoms with E-state index >= 15 is 0 Å². The predicted molar refractivity (Wildman–Crippen MR) is 43.5 cm³/mol. The van der Waals surface area contributed by atoms with Gasteiger partial charge in [-0.3, -0.25) is 0 Å². The highest BCUT2D eigenvalue weighted by Gasteiger charge is 2.14. The molecule has 74 valence electrons. The van der Waals surface area contributed by atoms with Crippen molar-refractivity contribution in [2.75, 3.05) is 39.5 Å². The van der Waals surface area contributed by atoms with Crippen molar-refractivity contribution in [2.45, 2.75) is 0 Å². The summed E-state index contributed by atoms with van der Waals surface area (Å²) >= 11 is 0. The van der Waals surface area contributed by atoms with Crippen LogP contribution in [0.2, 0.25) is 0 Å². The summed E-state index contributed by atoms with van der Waals surface area (Å²) in [6, 6.07) is 0. The summed E-state index contributed by atoms with van der Waals surface area (Å²) in [6.45, 7) is 0.688. The zero-order valence-corrected chi connectivity index (χ0v) is 8.17. The number of aliphatic hydroxyl groups excluding tert-OH is 1. The van der Waals surface area contributed by atoms with Crippen molar-refractivity contribution in [3.8, 4) is 0 Å². The number of likely N-dealkylation sites (N-methyl/N-ethyl adjacent to an activating group) is 1. The molecule has 0 heterocycles. The number of hydrogen-bond donors (Lipinski definition) is 1. The van der Waals surface area contributed by atoms with E-state index in [4.69, 9.17) is 5.11 Å². The molecular weight excluding hydrogens is 182 g/mol. The molecule has 0 fully saturated rings. The Morgan fingerprint density at radius 2 is 1.83 bits per heavy atom. The van der Waals surface area contributed by atoms with Crippen molar-refractivity contribution in [1.82, 2.24) is 0 Å². The minimum Gasteiger partial charge on any atom is -0.748 e. The maximum atomic E-state index is 10.3. The highest BCUT2D eigenvalue weighted by Crippen LogP contribution is 1.96. The molecule has 0 radical (unpaired) electrons. The van der Waals surface area contributed by atoms with E-state index in [0.29, 0.717) is 11.0 Å². The molecule has 5 nitrogen and oxygen atoms in total. The Balaban J connectivity index is 3.92. The Bertz CT molecular complexity index is 222. The third kappa shape index (κ3) is 6.53. The van der Waals surface area contributed by atoms with Gasteiger partial charge in [0.15, 0.2) is 0 Å². The van der Waals surface area contributed by atoms with Crippen LogP contribution in [0.3, 0.4) is 0 Å². The molecule has 0 saturated carbocycles. The predicted octanol–water partition coefficient (Wildman–Crippen LogP) is -1.40. The van der Waals surface area contributed by atoms with Gasteiger partial charge in [0.25, 0.3) is 0 Å². The lowest BCUT2D eigenvalue weighted by Gasteiger charge is -2.29. The fraction of sp³-hybridized carbons (Fsp3) is 1.00. The Kier molecular flexibility index (Phi) is 4.12. The van der Waals surface area contributed by atoms with Crippen molar-refractivity contribution in [2.24, 2.45) is 0 Å². The monoisotopic (exact) mass is 197 g/mol. The quantitative estimate of drug-likeness (QED) is 0.434. The SMILES string of the molecule is C[N+](C)(CCO)CCS(=O)(=O)[O-]. The topological polar surface area (TPSA) is 77.4 Å². The largest absolute Gasteiger partial charge is 0.748 e. The molecule has 0 unspecified atom stereocenters. The first-order chi connectivity index (χ1) is 5.27. The second-order valence-corrected chi connectivity index (χ2v) is 4.89. The van der Waals surface area contributed by atoms with E-state index in [2.05, 4.69) is 0 Å². The zero-order chi connectivity index (χ0) is 9.83. The molecule has 0 aromatic carbocycles. The van der Waals surface area contributed by atoms with Crippen LogP contribution in [0.15, 0.2) is 0 Å². The molecule has 12 heavy (non-hydrogen) atoms. The maximum absolute atomic E-state index is 10.3. The van der Waals surface area contributed by atoms with Crippen LogP contribution in [0.4, 0.5) is 0 Å². The molecule has 0 aliphatic carbocycles. The number of rotatable bonds is 5. The molecular formula is C6H15NO4S. The van der Waals surface area contributed by atoms with Gasteiger partial charge >= 0.3 is 0 Å². The van der Waals surface area contributed by atoms with Crippen LogP contribution in [-0.4, -0.2) is 62.1 Å². The zero-order valence-electron chi connectivity index (χ0n) is 7.36. The van der Waals surface area contributed by atoms with Gasteiger partial charge in [-0.25, -0.2) is 8.42 Å². The lowest BCUT2D eigenvalue weighted by molar-refractivity contribution is -0.888. The summed E-state index contributed by atoms with van der Waals surface area (Å²) < 4.78 is 31.1. The van der Waals surface area contributed by atoms with Crippen molar-refractivity contribution < 1.29 is 22.6 Å². The number of hydrogen-bond acceptors (Lipinski definition) is 4. The highest BCUT2D eigenvalue weighted by atomic mass is 32.2. The molecule has 0 aromatic heterocycles. The molecule has 6 heteroatoms. The summed E-state index contributed by atoms with van der Waals surface area (Å²) in [7, 11) is -0.592. The van der Waals surface area contributed by atoms with E-state index in [1.54, 1.807) is 14.1 Å². The molecule has 0 aliphatic heterocycles. The smallest absolute Gasteiger partial charge is 0.102 e. The Hall–Kier alpha value is -0.170. The fourth-order valence-electron chi connectivity index (χ4n) is 0.741. The highest BCUT2D eigenvalue weighted by molar-refractivity contribution is 7.85. The minimum absolute atomic E-state index is 0.00803. The van der Waals surface area contributed by atoms with Crippen LogP contribution in [0.5, 0.6) is 0 Å². The lowest BCUT2D eigenvalue weighted by Crippen LogP contribution is -2.45. The third-order valence-corrected chi connectivity index (χ3v) is 2.33. The summed E-state index contributed by atoms with van der Waals surface area (Å²) in [5.41, 5.74) is 0. The van der Waals surface area contributed by atoms with Gasteiger partial charge in [0.1, 0.15) is 16.7 Å². The molecule has 0 aliphatic rings. The first-order valence-electron chi connectivity index (χ1n) is 3.63. The second-order valence-electron chi connectivity index (χ2n) is 3.37. The van der Waals surface area contributed by atoms with E-state index < -0.39 is 10.1 Å². The van der Waals surface area contributed by atoms with Crippen LogP contribution in [0.1, 0.15) is 0 Å². The van der Waals surface area contributed by atoms with E-state index in [9.17, 15) is 13.0 Å². The van der Waals surface area contributed by atoms with Crippen molar-refractivity contribution in [3.63, 3.8) is 0 Å². The molecule has 0 bridgehead atoms. The Morgan fingerprint density at radius 1 is 1.33 bits per heavy atom. The summed E-state index contributed by atoms with van der Waals surface area (Å²) in [5, 5.41) is 8.59. The van der Waals surface area contributed by atoms with Gasteiger partial charge < -0.3 is 14.1 Å². The average Bonchev–Trinajstić information content (AvgIpc) is 1.83. The van der Waals surface area contributed by atoms with E-state index in [0.717, 1.165) is 0 Å². The third-order valence-electron chi connectivity index (χ3n) is 1.65. The summed E-state index contributed by atoms with van der Waals surface area (Å²) in [5.74, 6) is -0.375. The van der Waals surface area contributed by atoms with Gasteiger partial charge in [0.05, 0.1) is 33.0 Å². The molecule has 0 aromatic rings. The number of aliphatic hydroxyl groups is 1. The summed E-state index contributed by atoms with van der Waals surface area (Å²) in [4.78, 5) is 0. The fourth-order valence-corrected chi connectivity index (χ4v) is 1.46. The van der Waals surface area contributed by atoms with Gasteiger partial charge in [-0.1, -0.05) is 0 Å². The van der Waals surface area contributed by atoms with Gasteiger partial charge in [0.2, 0.25) is 0 Å². The van der Waals surface area contributed by atoms with Crippen LogP contribution in [-0.2, 0) is 10.1 Å². The van der Waals surface area contributed by atoms with E-state index in [1.807, 2.05) is 0 Å². The molecule has 1 N–H and O–H groups in total. The van der Waals surface area contributed by atoms with Crippen LogP contribution >= 0.6 is 0 Å². The van der Waals surface area contributed by atoms with Gasteiger partial charge in [0, 0.05) is 0 Å². The van der Waals surface area contributed by atoms with E-state index in [1.165, 1.54) is 0 Å². The van der Waals surface area contributed by atoms with E-state index in [-0.39, 0.29) is 18.9 Å². The van der Waals surface area contributed by atoms with Crippen molar-refractivity contribution in [1.29, 1.82) is 0 Å². The summed E-state index contributed by atoms with van der Waals surface area (Å²) in [6.07, 6.45) is 0. The van der Waals surface area contributed by atoms with Crippen LogP contribution in [0, 0.1) is 0 Å². The molecule has 0 spiro atoms. The van der Waals surface area contributed by atoms with Gasteiger partial charge in [-0.2, -0.15) is 0 Å². The average molecular weight is 197 g/mol. The Labute approximate surface area is 73.0 Å². The van der Waals surface area contributed by atoms with Crippen LogP contribution in [0.25, 0.3) is 0 Å². The molecule has 0 saturated heterocycles. The van der Waals surface area contributed by atoms with Crippen molar-refractivity contribution >= 4 is 10.1 Å². The normalized spacial score (nSPS) is 13.3. The standard InChI is InChI=1S/C6H15NO4S/c1-7(2,3-5-8)4-6-12(9,10)11/h8H,3-6H2,1-2H3. The van der Waals surface area contributed by atoms with Crippen molar-refractivity contribution in [3.05, 3.63) is 0 Å². The van der Waals surface area contributed by atoms with Crippen LogP contribution < -0.4 is 0 Å². The lowest BCUT2D eigenvalue weighted by atomic mass is 10.4. The second kappa shape index (κ2) is 4.18. The van der Waals surface area contributed by atoms with Gasteiger partial charge in [-0.05, 0) is 0 Å².